The van der Waals surface area contributed by atoms with Crippen molar-refractivity contribution in [3.8, 4) is 5.69 Å². The first-order chi connectivity index (χ1) is 22.4. The molecule has 9 heteroatoms. The molecule has 7 aromatic rings. The van der Waals surface area contributed by atoms with Crippen LogP contribution in [-0.2, 0) is 5.41 Å². The van der Waals surface area contributed by atoms with Gasteiger partial charge in [-0.1, -0.05) is 0 Å². The van der Waals surface area contributed by atoms with E-state index in [1.807, 2.05) is 48.5 Å². The van der Waals surface area contributed by atoms with E-state index >= 15 is 5.72 Å². The van der Waals surface area contributed by atoms with Crippen molar-refractivity contribution in [2.45, 2.75) is 5.41 Å². The second kappa shape index (κ2) is 10.3. The molecular formula is C37H23BF4I2N2. The summed E-state index contributed by atoms with van der Waals surface area (Å²) in [6.07, 6.45) is 0. The van der Waals surface area contributed by atoms with Gasteiger partial charge in [0.15, 0.2) is 0 Å². The molecule has 3 heterocycles. The third kappa shape index (κ3) is 3.81. The Morgan fingerprint density at radius 2 is 1.26 bits per heavy atom. The number of rotatable bonds is 4. The van der Waals surface area contributed by atoms with Crippen LogP contribution in [0.3, 0.4) is 0 Å². The van der Waals surface area contributed by atoms with Gasteiger partial charge in [-0.2, -0.15) is 0 Å². The molecule has 0 fully saturated rings. The summed E-state index contributed by atoms with van der Waals surface area (Å²) in [6, 6.07) is 46.3. The van der Waals surface area contributed by atoms with Crippen LogP contribution in [-0.4, -0.2) is 11.3 Å². The number of para-hydroxylation sites is 1. The third-order valence-corrected chi connectivity index (χ3v) is 17.3. The molecule has 0 saturated carbocycles. The van der Waals surface area contributed by atoms with Gasteiger partial charge in [0.2, 0.25) is 0 Å². The van der Waals surface area contributed by atoms with E-state index in [2.05, 4.69) is 84.8 Å². The first-order valence-electron chi connectivity index (χ1n) is 14.8. The Balaban J connectivity index is 1.50. The van der Waals surface area contributed by atoms with E-state index in [4.69, 9.17) is 0 Å². The molecule has 1 aromatic heterocycles. The minimum absolute atomic E-state index is 0.323. The summed E-state index contributed by atoms with van der Waals surface area (Å²) < 4.78 is 63.3. The van der Waals surface area contributed by atoms with E-state index in [0.29, 0.717) is 10.8 Å². The fraction of sp³-hybridized carbons (Fsp3) is 0.0270. The van der Waals surface area contributed by atoms with Gasteiger partial charge in [0, 0.05) is 0 Å². The molecule has 0 N–H and O–H groups in total. The Morgan fingerprint density at radius 1 is 0.630 bits per heavy atom. The molecule has 46 heavy (non-hydrogen) atoms. The van der Waals surface area contributed by atoms with Gasteiger partial charge in [-0.25, -0.2) is 0 Å². The van der Waals surface area contributed by atoms with Crippen LogP contribution in [0.2, 0.25) is 0 Å². The number of nitrogens with zero attached hydrogens (tertiary/aromatic N) is 2. The fourth-order valence-corrected chi connectivity index (χ4v) is 13.7. The number of hydrogen-bond acceptors (Lipinski definition) is 1. The second-order valence-corrected chi connectivity index (χ2v) is 19.1. The fourth-order valence-electron chi connectivity index (χ4n) is 8.05. The first kappa shape index (κ1) is 28.4. The van der Waals surface area contributed by atoms with Crippen molar-refractivity contribution < 1.29 is 11.4 Å². The summed E-state index contributed by atoms with van der Waals surface area (Å²) in [5.74, 6) is 0. The van der Waals surface area contributed by atoms with E-state index in [0.717, 1.165) is 55.3 Å². The predicted molar refractivity (Wildman–Crippen MR) is 197 cm³/mol. The molecule has 9 rings (SSSR count). The van der Waals surface area contributed by atoms with Gasteiger partial charge in [-0.05, 0) is 0 Å². The number of hydrogen-bond donors (Lipinski definition) is 0. The Morgan fingerprint density at radius 3 is 1.98 bits per heavy atom. The van der Waals surface area contributed by atoms with E-state index in [1.54, 1.807) is 0 Å². The number of benzene rings is 6. The zero-order valence-electron chi connectivity index (χ0n) is 24.0. The molecule has 2 aliphatic heterocycles. The molecule has 2 nitrogen and oxygen atoms in total. The van der Waals surface area contributed by atoms with Crippen molar-refractivity contribution >= 4 is 85.6 Å². The molecule has 6 aromatic carbocycles. The van der Waals surface area contributed by atoms with Crippen molar-refractivity contribution in [2.24, 2.45) is 1.36 Å². The van der Waals surface area contributed by atoms with Gasteiger partial charge in [0.05, 0.1) is 0 Å². The third-order valence-electron chi connectivity index (χ3n) is 9.57. The Hall–Kier alpha value is -3.84. The van der Waals surface area contributed by atoms with Crippen LogP contribution in [0.15, 0.2) is 141 Å². The van der Waals surface area contributed by atoms with E-state index < -0.39 is 46.1 Å². The molecule has 0 amide bonds. The van der Waals surface area contributed by atoms with Crippen LogP contribution >= 0.6 is 40.6 Å². The molecular weight excluding hydrogens is 813 g/mol. The Bertz CT molecular complexity index is 2370. The summed E-state index contributed by atoms with van der Waals surface area (Å²) in [7, 11) is 0. The maximum atomic E-state index is 15.7. The van der Waals surface area contributed by atoms with Gasteiger partial charge in [0.1, 0.15) is 0 Å². The number of aromatic nitrogens is 1. The quantitative estimate of drug-likeness (QED) is 0.0956. The van der Waals surface area contributed by atoms with Crippen LogP contribution < -0.4 is 16.4 Å². The molecule has 0 bridgehead atoms. The molecule has 0 atom stereocenters. The van der Waals surface area contributed by atoms with Gasteiger partial charge < -0.3 is 0 Å². The summed E-state index contributed by atoms with van der Waals surface area (Å²) in [6.45, 7) is -0.385. The average Bonchev–Trinajstić information content (AvgIpc) is 3.42. The topological polar surface area (TPSA) is 17.3 Å². The minimum atomic E-state index is -6.31. The van der Waals surface area contributed by atoms with Gasteiger partial charge in [0.25, 0.3) is 0 Å². The van der Waals surface area contributed by atoms with E-state index in [-0.39, 0.29) is 10.3 Å². The van der Waals surface area contributed by atoms with Gasteiger partial charge in [-0.3, -0.25) is 0 Å². The second-order valence-electron chi connectivity index (χ2n) is 11.6. The molecule has 0 aliphatic carbocycles. The van der Waals surface area contributed by atoms with Crippen molar-refractivity contribution in [3.63, 3.8) is 0 Å². The molecule has 0 unspecified atom stereocenters. The van der Waals surface area contributed by atoms with Crippen molar-refractivity contribution in [3.05, 3.63) is 165 Å². The first-order valence-corrected chi connectivity index (χ1v) is 21.0. The molecule has 2 aliphatic rings. The summed E-state index contributed by atoms with van der Waals surface area (Å²) >= 11 is -11.3. The zero-order chi connectivity index (χ0) is 31.2. The van der Waals surface area contributed by atoms with Gasteiger partial charge in [-0.15, -0.1) is 0 Å². The predicted octanol–water partition coefficient (Wildman–Crippen LogP) is 9.66. The van der Waals surface area contributed by atoms with E-state index in [9.17, 15) is 5.72 Å². The van der Waals surface area contributed by atoms with E-state index in [1.165, 1.54) is 12.1 Å². The van der Waals surface area contributed by atoms with Gasteiger partial charge >= 0.3 is 279 Å². The van der Waals surface area contributed by atoms with Crippen LogP contribution in [0.4, 0.5) is 11.4 Å². The molecule has 0 radical (unpaired) electrons. The Kier molecular flexibility index (Phi) is 6.38. The summed E-state index contributed by atoms with van der Waals surface area (Å²) in [4.78, 5) is 0. The summed E-state index contributed by atoms with van der Waals surface area (Å²) in [5, 5.41) is 1.46. The molecule has 0 saturated heterocycles. The van der Waals surface area contributed by atoms with Crippen LogP contribution in [0.25, 0.3) is 27.5 Å². The van der Waals surface area contributed by atoms with Crippen molar-refractivity contribution in [1.82, 2.24) is 4.57 Å². The van der Waals surface area contributed by atoms with Crippen LogP contribution in [0, 0.1) is 3.57 Å². The van der Waals surface area contributed by atoms with Crippen molar-refractivity contribution in [2.75, 3.05) is 0 Å². The normalized spacial score (nSPS) is 15.0. The Labute approximate surface area is 277 Å². The van der Waals surface area contributed by atoms with Crippen LogP contribution in [0.5, 0.6) is 0 Å². The molecule has 0 spiro atoms. The average molecular weight is 836 g/mol. The van der Waals surface area contributed by atoms with Crippen molar-refractivity contribution in [1.29, 1.82) is 0 Å². The van der Waals surface area contributed by atoms with Crippen LogP contribution in [0.1, 0.15) is 22.3 Å². The maximum absolute atomic E-state index is 15.7. The SMILES string of the molecule is FI(F)N=I(F)(F)c1cc2c3c(c1)c1ccccc1n3-c1cccc3c1B2c1ccccc1C3(c1ccccc1)c1ccccc1. The monoisotopic (exact) mass is 836 g/mol. The summed E-state index contributed by atoms with van der Waals surface area (Å²) in [5.41, 5.74) is 9.15. The molecule has 226 valence electrons. The zero-order valence-corrected chi connectivity index (χ0v) is 28.3. The number of fused-ring (bicyclic) bond motifs is 7. The standard InChI is InChI=1S/C37H23BF4I2N2/c39-43(40)45-44(41,42)26-22-28-27-16-7-10-20-33(27)46-34-21-11-18-30-35(34)38(32(23-26)36(28)46)31-19-9-8-17-29(31)37(30,24-12-3-1-4-13-24)25-14-5-2-6-15-25/h1-23H. The number of halogens is 6.